The van der Waals surface area contributed by atoms with Crippen molar-refractivity contribution in [2.45, 2.75) is 45.8 Å². The topological polar surface area (TPSA) is 105 Å². The molecule has 0 saturated carbocycles. The highest BCUT2D eigenvalue weighted by molar-refractivity contribution is 7.09. The van der Waals surface area contributed by atoms with Crippen molar-refractivity contribution in [1.29, 1.82) is 0 Å². The summed E-state index contributed by atoms with van der Waals surface area (Å²) in [5.74, 6) is 0.673. The highest BCUT2D eigenvalue weighted by Gasteiger charge is 2.34. The average Bonchev–Trinajstić information content (AvgIpc) is 3.45. The van der Waals surface area contributed by atoms with Crippen LogP contribution in [-0.4, -0.2) is 52.5 Å². The molecule has 1 aliphatic heterocycles. The number of β-amino-alcohol motifs (C(OH)–C–C–N with tert-alkyl or cyclic N) is 1. The number of likely N-dealkylation sites (tertiary alicyclic amines) is 1. The van der Waals surface area contributed by atoms with Crippen molar-refractivity contribution in [2.75, 3.05) is 19.7 Å². The first kappa shape index (κ1) is 22.3. The van der Waals surface area contributed by atoms with Crippen LogP contribution in [0.5, 0.6) is 5.75 Å². The minimum absolute atomic E-state index is 0.0162. The summed E-state index contributed by atoms with van der Waals surface area (Å²) in [6.07, 6.45) is 0.514. The number of aromatic nitrogens is 1. The van der Waals surface area contributed by atoms with E-state index in [9.17, 15) is 9.59 Å². The molecule has 3 heterocycles. The number of aryl methyl sites for hydroxylation is 1. The Labute approximate surface area is 190 Å². The third kappa shape index (κ3) is 4.35. The summed E-state index contributed by atoms with van der Waals surface area (Å²) >= 11 is 1.54. The number of aliphatic hydroxyl groups is 1. The summed E-state index contributed by atoms with van der Waals surface area (Å²) in [6, 6.07) is 4.83. The van der Waals surface area contributed by atoms with Crippen molar-refractivity contribution in [3.05, 3.63) is 45.6 Å². The molecule has 1 saturated heterocycles. The first-order chi connectivity index (χ1) is 15.4. The van der Waals surface area contributed by atoms with Gasteiger partial charge >= 0.3 is 0 Å². The first-order valence-electron chi connectivity index (χ1n) is 10.7. The maximum absolute atomic E-state index is 13.3. The van der Waals surface area contributed by atoms with E-state index in [0.717, 1.165) is 10.6 Å². The number of furan rings is 1. The lowest BCUT2D eigenvalue weighted by Gasteiger charge is -2.16. The molecule has 170 valence electrons. The van der Waals surface area contributed by atoms with E-state index in [1.54, 1.807) is 16.5 Å². The van der Waals surface area contributed by atoms with E-state index in [1.807, 2.05) is 32.9 Å². The van der Waals surface area contributed by atoms with Crippen molar-refractivity contribution >= 4 is 34.1 Å². The Morgan fingerprint density at radius 2 is 2.25 bits per heavy atom. The molecule has 32 heavy (non-hydrogen) atoms. The van der Waals surface area contributed by atoms with Crippen molar-refractivity contribution in [1.82, 2.24) is 15.2 Å². The number of fused-ring (bicyclic) bond motifs is 1. The predicted molar refractivity (Wildman–Crippen MR) is 121 cm³/mol. The van der Waals surface area contributed by atoms with Crippen LogP contribution in [0.2, 0.25) is 0 Å². The number of amides is 2. The summed E-state index contributed by atoms with van der Waals surface area (Å²) in [5.41, 5.74) is 3.76. The minimum atomic E-state index is -0.604. The molecule has 0 spiro atoms. The summed E-state index contributed by atoms with van der Waals surface area (Å²) < 4.78 is 12.0. The Morgan fingerprint density at radius 3 is 2.94 bits per heavy atom. The van der Waals surface area contributed by atoms with E-state index < -0.39 is 6.04 Å². The van der Waals surface area contributed by atoms with Gasteiger partial charge in [-0.15, -0.1) is 11.3 Å². The van der Waals surface area contributed by atoms with E-state index in [0.29, 0.717) is 47.6 Å². The zero-order valence-corrected chi connectivity index (χ0v) is 19.2. The van der Waals surface area contributed by atoms with Gasteiger partial charge in [0.2, 0.25) is 5.91 Å². The molecule has 1 aromatic carbocycles. The van der Waals surface area contributed by atoms with Gasteiger partial charge in [-0.3, -0.25) is 9.59 Å². The fourth-order valence-corrected chi connectivity index (χ4v) is 4.57. The second-order valence-electron chi connectivity index (χ2n) is 8.17. The van der Waals surface area contributed by atoms with Crippen LogP contribution < -0.4 is 10.1 Å². The van der Waals surface area contributed by atoms with E-state index >= 15 is 0 Å². The van der Waals surface area contributed by atoms with Gasteiger partial charge in [0.05, 0.1) is 28.3 Å². The number of hydrogen-bond donors (Lipinski definition) is 2. The fourth-order valence-electron chi connectivity index (χ4n) is 3.89. The third-order valence-electron chi connectivity index (χ3n) is 5.63. The number of carbonyl (C=O) groups is 2. The molecule has 0 aliphatic carbocycles. The van der Waals surface area contributed by atoms with Gasteiger partial charge in [0, 0.05) is 24.4 Å². The zero-order valence-electron chi connectivity index (χ0n) is 18.4. The van der Waals surface area contributed by atoms with Crippen LogP contribution in [0.4, 0.5) is 0 Å². The zero-order chi connectivity index (χ0) is 22.8. The summed E-state index contributed by atoms with van der Waals surface area (Å²) in [5, 5.41) is 12.6. The van der Waals surface area contributed by atoms with Gasteiger partial charge < -0.3 is 24.5 Å². The van der Waals surface area contributed by atoms with E-state index in [1.165, 1.54) is 11.3 Å². The number of hydrogen-bond acceptors (Lipinski definition) is 7. The Balaban J connectivity index is 1.60. The van der Waals surface area contributed by atoms with Crippen molar-refractivity contribution in [3.8, 4) is 5.75 Å². The summed E-state index contributed by atoms with van der Waals surface area (Å²) in [6.45, 7) is 6.96. The number of benzene rings is 1. The van der Waals surface area contributed by atoms with Gasteiger partial charge in [-0.05, 0) is 31.5 Å². The lowest BCUT2D eigenvalue weighted by Crippen LogP contribution is -2.42. The van der Waals surface area contributed by atoms with Crippen LogP contribution in [0.15, 0.2) is 28.1 Å². The molecule has 2 aromatic heterocycles. The molecule has 1 unspecified atom stereocenters. The van der Waals surface area contributed by atoms with Crippen LogP contribution in [0.25, 0.3) is 11.0 Å². The quantitative estimate of drug-likeness (QED) is 0.538. The second kappa shape index (κ2) is 9.30. The number of ether oxygens (including phenoxy) is 1. The van der Waals surface area contributed by atoms with Crippen LogP contribution in [0, 0.1) is 6.92 Å². The molecule has 8 nitrogen and oxygen atoms in total. The number of carbonyl (C=O) groups excluding carboxylic acids is 2. The third-order valence-corrected chi connectivity index (χ3v) is 6.53. The molecule has 9 heteroatoms. The molecule has 2 N–H and O–H groups in total. The lowest BCUT2D eigenvalue weighted by atomic mass is 10.0. The van der Waals surface area contributed by atoms with Gasteiger partial charge in [0.15, 0.2) is 0 Å². The Morgan fingerprint density at radius 1 is 1.44 bits per heavy atom. The predicted octanol–water partition coefficient (Wildman–Crippen LogP) is 3.22. The summed E-state index contributed by atoms with van der Waals surface area (Å²) in [7, 11) is 0. The van der Waals surface area contributed by atoms with Crippen LogP contribution in [0.3, 0.4) is 0 Å². The summed E-state index contributed by atoms with van der Waals surface area (Å²) in [4.78, 5) is 32.6. The Bertz CT molecular complexity index is 1140. The van der Waals surface area contributed by atoms with Gasteiger partial charge in [0.1, 0.15) is 29.7 Å². The number of aliphatic hydroxyl groups excluding tert-OH is 1. The molecule has 1 fully saturated rings. The molecule has 0 bridgehead atoms. The van der Waals surface area contributed by atoms with Crippen molar-refractivity contribution in [3.63, 3.8) is 0 Å². The van der Waals surface area contributed by atoms with Gasteiger partial charge in [-0.25, -0.2) is 4.98 Å². The highest BCUT2D eigenvalue weighted by atomic mass is 32.1. The first-order valence-corrected chi connectivity index (χ1v) is 11.6. The fraction of sp³-hybridized carbons (Fsp3) is 0.435. The Hall–Kier alpha value is -2.91. The van der Waals surface area contributed by atoms with Crippen LogP contribution in [-0.2, 0) is 11.4 Å². The molecule has 1 aliphatic rings. The maximum atomic E-state index is 13.3. The Kier molecular flexibility index (Phi) is 6.48. The van der Waals surface area contributed by atoms with Crippen molar-refractivity contribution in [2.24, 2.45) is 0 Å². The molecule has 4 rings (SSSR count). The molecule has 3 aromatic rings. The molecular formula is C23H27N3O5S. The molecular weight excluding hydrogens is 430 g/mol. The highest BCUT2D eigenvalue weighted by Crippen LogP contribution is 2.34. The van der Waals surface area contributed by atoms with Crippen molar-refractivity contribution < 1.29 is 23.8 Å². The van der Waals surface area contributed by atoms with Crippen LogP contribution >= 0.6 is 11.3 Å². The van der Waals surface area contributed by atoms with Gasteiger partial charge in [-0.2, -0.15) is 0 Å². The largest absolute Gasteiger partial charge is 0.488 e. The van der Waals surface area contributed by atoms with Gasteiger partial charge in [-0.1, -0.05) is 13.8 Å². The SMILES string of the molecule is Cc1ncsc1COc1ccc2oc(C(C)C)c(C(=O)NC3CCN(CCO)C3=O)c2c1. The maximum Gasteiger partial charge on any atom is 0.256 e. The average molecular weight is 458 g/mol. The minimum Gasteiger partial charge on any atom is -0.488 e. The van der Waals surface area contributed by atoms with E-state index in [4.69, 9.17) is 14.3 Å². The monoisotopic (exact) mass is 457 g/mol. The smallest absolute Gasteiger partial charge is 0.256 e. The second-order valence-corrected chi connectivity index (χ2v) is 9.11. The number of rotatable bonds is 8. The molecule has 2 amide bonds. The lowest BCUT2D eigenvalue weighted by molar-refractivity contribution is -0.129. The van der Waals surface area contributed by atoms with Gasteiger partial charge in [0.25, 0.3) is 5.91 Å². The van der Waals surface area contributed by atoms with Crippen LogP contribution in [0.1, 0.15) is 52.9 Å². The molecule has 1 atom stereocenters. The number of nitrogens with one attached hydrogen (secondary N) is 1. The number of nitrogens with zero attached hydrogens (tertiary/aromatic N) is 2. The normalized spacial score (nSPS) is 16.3. The standard InChI is InChI=1S/C23H27N3O5S/c1-13(2)21-20(22(28)25-17-6-7-26(8-9-27)23(17)29)16-10-15(4-5-18(16)31-21)30-11-19-14(3)24-12-32-19/h4-5,10,12-13,17,27H,6-9,11H2,1-3H3,(H,25,28). The number of thiazole rings is 1. The van der Waals surface area contributed by atoms with E-state index in [-0.39, 0.29) is 30.9 Å². The molecule has 0 radical (unpaired) electrons. The van der Waals surface area contributed by atoms with E-state index in [2.05, 4.69) is 10.3 Å².